The maximum Gasteiger partial charge on any atom is 0.152 e. The molecule has 0 atom stereocenters. The van der Waals surface area contributed by atoms with Crippen molar-refractivity contribution in [1.82, 2.24) is 0 Å². The van der Waals surface area contributed by atoms with Gasteiger partial charge >= 0.3 is 0 Å². The first kappa shape index (κ1) is 12.5. The number of hydrogen-bond donors (Lipinski definition) is 0. The SMILES string of the molecule is C=C(C#N)/N=C/C(=C)c1ccc(C=O)c(F)c1. The van der Waals surface area contributed by atoms with Crippen molar-refractivity contribution in [2.45, 2.75) is 0 Å². The third-order valence-electron chi connectivity index (χ3n) is 2.00. The van der Waals surface area contributed by atoms with Gasteiger partial charge in [-0.15, -0.1) is 0 Å². The summed E-state index contributed by atoms with van der Waals surface area (Å²) in [7, 11) is 0. The molecule has 0 bridgehead atoms. The minimum atomic E-state index is -0.619. The molecule has 0 spiro atoms. The zero-order valence-electron chi connectivity index (χ0n) is 8.98. The van der Waals surface area contributed by atoms with Crippen LogP contribution in [0.15, 0.2) is 42.0 Å². The predicted octanol–water partition coefficient (Wildman–Crippen LogP) is 2.76. The average Bonchev–Trinajstić information content (AvgIpc) is 2.35. The van der Waals surface area contributed by atoms with Crippen LogP contribution in [-0.2, 0) is 0 Å². The normalized spacial score (nSPS) is 9.88. The number of allylic oxidation sites excluding steroid dienone is 2. The van der Waals surface area contributed by atoms with Gasteiger partial charge in [0.2, 0.25) is 0 Å². The van der Waals surface area contributed by atoms with Gasteiger partial charge in [0.1, 0.15) is 17.6 Å². The van der Waals surface area contributed by atoms with Crippen molar-refractivity contribution >= 4 is 18.1 Å². The lowest BCUT2D eigenvalue weighted by molar-refractivity contribution is 0.112. The van der Waals surface area contributed by atoms with E-state index in [1.165, 1.54) is 18.3 Å². The van der Waals surface area contributed by atoms with Crippen molar-refractivity contribution in [2.24, 2.45) is 4.99 Å². The molecule has 0 fully saturated rings. The van der Waals surface area contributed by atoms with Crippen LogP contribution in [-0.4, -0.2) is 12.5 Å². The average molecular weight is 228 g/mol. The van der Waals surface area contributed by atoms with E-state index in [2.05, 4.69) is 18.2 Å². The Morgan fingerprint density at radius 3 is 2.71 bits per heavy atom. The summed E-state index contributed by atoms with van der Waals surface area (Å²) < 4.78 is 13.3. The largest absolute Gasteiger partial charge is 0.298 e. The molecule has 0 radical (unpaired) electrons. The van der Waals surface area contributed by atoms with Gasteiger partial charge in [-0.3, -0.25) is 4.79 Å². The number of benzene rings is 1. The van der Waals surface area contributed by atoms with Crippen LogP contribution in [0.2, 0.25) is 0 Å². The van der Waals surface area contributed by atoms with Crippen LogP contribution in [0.5, 0.6) is 0 Å². The molecule has 0 aliphatic carbocycles. The van der Waals surface area contributed by atoms with E-state index in [0.29, 0.717) is 17.4 Å². The number of nitriles is 1. The van der Waals surface area contributed by atoms with E-state index in [4.69, 9.17) is 5.26 Å². The van der Waals surface area contributed by atoms with Crippen molar-refractivity contribution in [2.75, 3.05) is 0 Å². The summed E-state index contributed by atoms with van der Waals surface area (Å²) in [5.74, 6) is -0.619. The highest BCUT2D eigenvalue weighted by molar-refractivity contribution is 6.09. The lowest BCUT2D eigenvalue weighted by Gasteiger charge is -2.01. The van der Waals surface area contributed by atoms with E-state index in [9.17, 15) is 9.18 Å². The highest BCUT2D eigenvalue weighted by Crippen LogP contribution is 2.15. The van der Waals surface area contributed by atoms with E-state index in [-0.39, 0.29) is 11.3 Å². The van der Waals surface area contributed by atoms with Gasteiger partial charge in [0.05, 0.1) is 5.56 Å². The van der Waals surface area contributed by atoms with Crippen LogP contribution in [0, 0.1) is 17.1 Å². The van der Waals surface area contributed by atoms with Crippen molar-refractivity contribution in [3.05, 3.63) is 54.0 Å². The Morgan fingerprint density at radius 1 is 1.47 bits per heavy atom. The predicted molar refractivity (Wildman–Crippen MR) is 64.1 cm³/mol. The standard InChI is InChI=1S/C13H9FN2O/c1-9(7-16-10(2)6-15)11-3-4-12(8-17)13(14)5-11/h3-5,7-8H,1-2H2/b16-7+. The van der Waals surface area contributed by atoms with E-state index in [0.717, 1.165) is 0 Å². The van der Waals surface area contributed by atoms with Gasteiger partial charge in [0.15, 0.2) is 6.29 Å². The van der Waals surface area contributed by atoms with Gasteiger partial charge in [-0.25, -0.2) is 9.38 Å². The second-order valence-electron chi connectivity index (χ2n) is 3.20. The van der Waals surface area contributed by atoms with Crippen molar-refractivity contribution in [3.63, 3.8) is 0 Å². The highest BCUT2D eigenvalue weighted by atomic mass is 19.1. The topological polar surface area (TPSA) is 53.2 Å². The lowest BCUT2D eigenvalue weighted by Crippen LogP contribution is -1.91. The maximum atomic E-state index is 13.3. The van der Waals surface area contributed by atoms with Crippen LogP contribution in [0.4, 0.5) is 4.39 Å². The Bertz CT molecular complexity index is 553. The van der Waals surface area contributed by atoms with Gasteiger partial charge < -0.3 is 0 Å². The molecule has 0 aliphatic rings. The fourth-order valence-electron chi connectivity index (χ4n) is 1.08. The molecular weight excluding hydrogens is 219 g/mol. The number of rotatable bonds is 4. The quantitative estimate of drug-likeness (QED) is 0.452. The molecule has 4 heteroatoms. The number of hydrogen-bond acceptors (Lipinski definition) is 3. The highest BCUT2D eigenvalue weighted by Gasteiger charge is 2.03. The third kappa shape index (κ3) is 3.21. The second kappa shape index (κ2) is 5.52. The first-order valence-corrected chi connectivity index (χ1v) is 4.65. The monoisotopic (exact) mass is 228 g/mol. The van der Waals surface area contributed by atoms with Gasteiger partial charge in [0, 0.05) is 6.21 Å². The first-order valence-electron chi connectivity index (χ1n) is 4.65. The molecule has 17 heavy (non-hydrogen) atoms. The van der Waals surface area contributed by atoms with Gasteiger partial charge in [-0.1, -0.05) is 19.2 Å². The van der Waals surface area contributed by atoms with E-state index >= 15 is 0 Å². The Hall–Kier alpha value is -2.54. The molecule has 0 unspecified atom stereocenters. The third-order valence-corrected chi connectivity index (χ3v) is 2.00. The number of halogens is 1. The van der Waals surface area contributed by atoms with Crippen LogP contribution in [0.1, 0.15) is 15.9 Å². The Kier molecular flexibility index (Phi) is 4.07. The molecule has 1 aromatic carbocycles. The lowest BCUT2D eigenvalue weighted by atomic mass is 10.1. The van der Waals surface area contributed by atoms with Crippen LogP contribution >= 0.6 is 0 Å². The van der Waals surface area contributed by atoms with Crippen molar-refractivity contribution in [1.29, 1.82) is 5.26 Å². The van der Waals surface area contributed by atoms with E-state index < -0.39 is 5.82 Å². The van der Waals surface area contributed by atoms with Crippen LogP contribution in [0.3, 0.4) is 0 Å². The summed E-state index contributed by atoms with van der Waals surface area (Å²) >= 11 is 0. The molecule has 0 heterocycles. The number of nitrogens with zero attached hydrogens (tertiary/aromatic N) is 2. The maximum absolute atomic E-state index is 13.3. The molecule has 0 N–H and O–H groups in total. The zero-order chi connectivity index (χ0) is 12.8. The Balaban J connectivity index is 2.95. The zero-order valence-corrected chi connectivity index (χ0v) is 8.98. The molecule has 0 aromatic heterocycles. The number of aldehydes is 1. The minimum Gasteiger partial charge on any atom is -0.298 e. The molecule has 84 valence electrons. The second-order valence-corrected chi connectivity index (χ2v) is 3.20. The Morgan fingerprint density at radius 2 is 2.18 bits per heavy atom. The number of carbonyl (C=O) groups is 1. The summed E-state index contributed by atoms with van der Waals surface area (Å²) in [6.07, 6.45) is 1.76. The van der Waals surface area contributed by atoms with Gasteiger partial charge in [0.25, 0.3) is 0 Å². The van der Waals surface area contributed by atoms with Crippen molar-refractivity contribution in [3.8, 4) is 6.07 Å². The minimum absolute atomic E-state index is 0.0140. The van der Waals surface area contributed by atoms with E-state index in [1.807, 2.05) is 0 Å². The molecule has 0 amide bonds. The van der Waals surface area contributed by atoms with Crippen LogP contribution in [0.25, 0.3) is 5.57 Å². The van der Waals surface area contributed by atoms with Crippen molar-refractivity contribution < 1.29 is 9.18 Å². The fourth-order valence-corrected chi connectivity index (χ4v) is 1.08. The summed E-state index contributed by atoms with van der Waals surface area (Å²) in [5.41, 5.74) is 0.941. The molecule has 0 aliphatic heterocycles. The van der Waals surface area contributed by atoms with E-state index in [1.54, 1.807) is 12.1 Å². The first-order chi connectivity index (χ1) is 8.08. The van der Waals surface area contributed by atoms with Gasteiger partial charge in [-0.05, 0) is 23.3 Å². The summed E-state index contributed by atoms with van der Waals surface area (Å²) in [6.45, 7) is 7.04. The smallest absolute Gasteiger partial charge is 0.152 e. The molecule has 0 saturated carbocycles. The Labute approximate surface area is 98.2 Å². The molecule has 1 aromatic rings. The fraction of sp³-hybridized carbons (Fsp3) is 0. The van der Waals surface area contributed by atoms with Gasteiger partial charge in [-0.2, -0.15) is 5.26 Å². The summed E-state index contributed by atoms with van der Waals surface area (Å²) in [4.78, 5) is 14.1. The summed E-state index contributed by atoms with van der Waals surface area (Å²) in [5, 5.41) is 8.44. The summed E-state index contributed by atoms with van der Waals surface area (Å²) in [6, 6.07) is 5.84. The molecule has 3 nitrogen and oxygen atoms in total. The molecule has 0 saturated heterocycles. The van der Waals surface area contributed by atoms with Crippen LogP contribution < -0.4 is 0 Å². The number of aliphatic imine (C=N–C) groups is 1. The molecular formula is C13H9FN2O. The number of carbonyl (C=O) groups excluding carboxylic acids is 1. The molecule has 1 rings (SSSR count).